The van der Waals surface area contributed by atoms with Gasteiger partial charge in [-0.3, -0.25) is 0 Å². The predicted molar refractivity (Wildman–Crippen MR) is 79.5 cm³/mol. The van der Waals surface area contributed by atoms with Crippen LogP contribution in [0.5, 0.6) is 0 Å². The molecule has 0 atom stereocenters. The molecule has 0 aliphatic carbocycles. The first-order valence-corrected chi connectivity index (χ1v) is 8.42. The lowest BCUT2D eigenvalue weighted by Gasteiger charge is -2.10. The molecule has 0 amide bonds. The van der Waals surface area contributed by atoms with E-state index in [1.54, 1.807) is 31.2 Å². The van der Waals surface area contributed by atoms with Crippen LogP contribution in [0.3, 0.4) is 0 Å². The Hall–Kier alpha value is -1.82. The van der Waals surface area contributed by atoms with E-state index in [0.29, 0.717) is 0 Å². The topological polar surface area (TPSA) is 34.1 Å². The highest BCUT2D eigenvalue weighted by Gasteiger charge is 2.27. The Morgan fingerprint density at radius 1 is 1.00 bits per heavy atom. The number of alkyl halides is 3. The molecule has 0 aliphatic heterocycles. The van der Waals surface area contributed by atoms with Crippen molar-refractivity contribution in [2.24, 2.45) is 0 Å². The summed E-state index contributed by atoms with van der Waals surface area (Å²) in [6, 6.07) is 10.8. The molecule has 0 spiro atoms. The minimum absolute atomic E-state index is 0.196. The first-order chi connectivity index (χ1) is 10.1. The zero-order valence-corrected chi connectivity index (χ0v) is 12.9. The third-order valence-corrected chi connectivity index (χ3v) is 4.41. The Morgan fingerprint density at radius 2 is 1.59 bits per heavy atom. The standard InChI is InChI=1S/C16H15F3O2S/c1-11-9-14(22(2,20)21)7-8-15(11)13-5-3-12(4-6-13)10-16(17,18)19/h3-9H,10H2,1-2H3. The quantitative estimate of drug-likeness (QED) is 0.847. The molecule has 0 unspecified atom stereocenters. The van der Waals surface area contributed by atoms with Crippen LogP contribution in [0.1, 0.15) is 11.1 Å². The van der Waals surface area contributed by atoms with E-state index in [9.17, 15) is 21.6 Å². The molecule has 2 aromatic rings. The molecule has 0 aliphatic rings. The first kappa shape index (κ1) is 16.5. The SMILES string of the molecule is Cc1cc(S(C)(=O)=O)ccc1-c1ccc(CC(F)(F)F)cc1. The van der Waals surface area contributed by atoms with Crippen LogP contribution >= 0.6 is 0 Å². The van der Waals surface area contributed by atoms with Gasteiger partial charge in [0.1, 0.15) is 0 Å². The van der Waals surface area contributed by atoms with Gasteiger partial charge in [-0.25, -0.2) is 8.42 Å². The van der Waals surface area contributed by atoms with Crippen molar-refractivity contribution in [1.29, 1.82) is 0 Å². The summed E-state index contributed by atoms with van der Waals surface area (Å²) in [5, 5.41) is 0. The van der Waals surface area contributed by atoms with E-state index in [-0.39, 0.29) is 10.5 Å². The van der Waals surface area contributed by atoms with Gasteiger partial charge >= 0.3 is 6.18 Å². The van der Waals surface area contributed by atoms with Crippen molar-refractivity contribution in [3.05, 3.63) is 53.6 Å². The third-order valence-electron chi connectivity index (χ3n) is 3.30. The minimum atomic E-state index is -4.23. The second kappa shape index (κ2) is 5.76. The minimum Gasteiger partial charge on any atom is -0.224 e. The van der Waals surface area contributed by atoms with Crippen molar-refractivity contribution in [2.45, 2.75) is 24.4 Å². The smallest absolute Gasteiger partial charge is 0.224 e. The molecule has 0 bridgehead atoms. The zero-order valence-electron chi connectivity index (χ0n) is 12.1. The van der Waals surface area contributed by atoms with E-state index in [1.165, 1.54) is 18.2 Å². The Labute approximate surface area is 127 Å². The van der Waals surface area contributed by atoms with Crippen LogP contribution in [0.15, 0.2) is 47.4 Å². The second-order valence-electron chi connectivity index (χ2n) is 5.24. The van der Waals surface area contributed by atoms with Gasteiger partial charge < -0.3 is 0 Å². The van der Waals surface area contributed by atoms with Crippen molar-refractivity contribution < 1.29 is 21.6 Å². The summed E-state index contributed by atoms with van der Waals surface area (Å²) in [6.45, 7) is 1.77. The summed E-state index contributed by atoms with van der Waals surface area (Å²) >= 11 is 0. The van der Waals surface area contributed by atoms with Crippen LogP contribution in [0, 0.1) is 6.92 Å². The number of hydrogen-bond donors (Lipinski definition) is 0. The maximum absolute atomic E-state index is 12.3. The Balaban J connectivity index is 2.33. The van der Waals surface area contributed by atoms with Crippen LogP contribution in [0.2, 0.25) is 0 Å². The fourth-order valence-electron chi connectivity index (χ4n) is 2.22. The molecule has 118 valence electrons. The number of halogens is 3. The van der Waals surface area contributed by atoms with Crippen LogP contribution in [0.25, 0.3) is 11.1 Å². The molecule has 2 rings (SSSR count). The van der Waals surface area contributed by atoms with E-state index in [0.717, 1.165) is 22.9 Å². The average Bonchev–Trinajstić information content (AvgIpc) is 2.37. The fraction of sp³-hybridized carbons (Fsp3) is 0.250. The number of aryl methyl sites for hydroxylation is 1. The van der Waals surface area contributed by atoms with E-state index in [1.807, 2.05) is 0 Å². The Kier molecular flexibility index (Phi) is 4.33. The summed E-state index contributed by atoms with van der Waals surface area (Å²) in [4.78, 5) is 0.224. The second-order valence-corrected chi connectivity index (χ2v) is 7.25. The molecule has 0 saturated carbocycles. The predicted octanol–water partition coefficient (Wildman–Crippen LogP) is 4.17. The van der Waals surface area contributed by atoms with E-state index >= 15 is 0 Å². The van der Waals surface area contributed by atoms with Gasteiger partial charge in [-0.15, -0.1) is 0 Å². The maximum atomic E-state index is 12.3. The summed E-state index contributed by atoms with van der Waals surface area (Å²) in [7, 11) is -3.28. The number of hydrogen-bond acceptors (Lipinski definition) is 2. The normalized spacial score (nSPS) is 12.4. The lowest BCUT2D eigenvalue weighted by Crippen LogP contribution is -2.11. The largest absolute Gasteiger partial charge is 0.393 e. The molecule has 0 aromatic heterocycles. The molecule has 0 saturated heterocycles. The number of benzene rings is 2. The van der Waals surface area contributed by atoms with Crippen LogP contribution in [0.4, 0.5) is 13.2 Å². The van der Waals surface area contributed by atoms with Crippen molar-refractivity contribution in [3.8, 4) is 11.1 Å². The molecule has 0 N–H and O–H groups in total. The van der Waals surface area contributed by atoms with Crippen molar-refractivity contribution >= 4 is 9.84 Å². The van der Waals surface area contributed by atoms with Gasteiger partial charge in [-0.05, 0) is 41.3 Å². The highest BCUT2D eigenvalue weighted by molar-refractivity contribution is 7.90. The van der Waals surface area contributed by atoms with Crippen molar-refractivity contribution in [2.75, 3.05) is 6.26 Å². The van der Waals surface area contributed by atoms with Gasteiger partial charge in [0.15, 0.2) is 9.84 Å². The van der Waals surface area contributed by atoms with Crippen molar-refractivity contribution in [3.63, 3.8) is 0 Å². The van der Waals surface area contributed by atoms with Crippen molar-refractivity contribution in [1.82, 2.24) is 0 Å². The summed E-state index contributed by atoms with van der Waals surface area (Å²) in [5.74, 6) is 0. The molecule has 0 fully saturated rings. The fourth-order valence-corrected chi connectivity index (χ4v) is 2.93. The lowest BCUT2D eigenvalue weighted by molar-refractivity contribution is -0.127. The Bertz CT molecular complexity index is 776. The molecule has 0 radical (unpaired) electrons. The summed E-state index contributed by atoms with van der Waals surface area (Å²) in [5.41, 5.74) is 2.50. The molecule has 2 nitrogen and oxygen atoms in total. The van der Waals surface area contributed by atoms with Crippen LogP contribution in [-0.4, -0.2) is 20.8 Å². The highest BCUT2D eigenvalue weighted by atomic mass is 32.2. The third kappa shape index (κ3) is 4.10. The highest BCUT2D eigenvalue weighted by Crippen LogP contribution is 2.27. The Morgan fingerprint density at radius 3 is 2.05 bits per heavy atom. The van der Waals surface area contributed by atoms with E-state index in [2.05, 4.69) is 0 Å². The van der Waals surface area contributed by atoms with Gasteiger partial charge in [0.05, 0.1) is 11.3 Å². The molecule has 0 heterocycles. The monoisotopic (exact) mass is 328 g/mol. The van der Waals surface area contributed by atoms with Gasteiger partial charge in [0, 0.05) is 6.26 Å². The van der Waals surface area contributed by atoms with Gasteiger partial charge in [-0.1, -0.05) is 30.3 Å². The van der Waals surface area contributed by atoms with Crippen LogP contribution < -0.4 is 0 Å². The first-order valence-electron chi connectivity index (χ1n) is 6.53. The van der Waals surface area contributed by atoms with Gasteiger partial charge in [-0.2, -0.15) is 13.2 Å². The molecular weight excluding hydrogens is 313 g/mol. The van der Waals surface area contributed by atoms with Crippen LogP contribution in [-0.2, 0) is 16.3 Å². The van der Waals surface area contributed by atoms with E-state index in [4.69, 9.17) is 0 Å². The van der Waals surface area contributed by atoms with Gasteiger partial charge in [0.2, 0.25) is 0 Å². The zero-order chi connectivity index (χ0) is 16.5. The summed E-state index contributed by atoms with van der Waals surface area (Å²) in [6.07, 6.45) is -4.05. The molecular formula is C16H15F3O2S. The maximum Gasteiger partial charge on any atom is 0.393 e. The molecule has 22 heavy (non-hydrogen) atoms. The molecule has 2 aromatic carbocycles. The van der Waals surface area contributed by atoms with E-state index < -0.39 is 22.4 Å². The van der Waals surface area contributed by atoms with Gasteiger partial charge in [0.25, 0.3) is 0 Å². The number of sulfone groups is 1. The average molecular weight is 328 g/mol. The lowest BCUT2D eigenvalue weighted by atomic mass is 9.99. The molecule has 6 heteroatoms. The number of rotatable bonds is 3. The summed E-state index contributed by atoms with van der Waals surface area (Å²) < 4.78 is 60.0.